The van der Waals surface area contributed by atoms with Crippen LogP contribution in [0.3, 0.4) is 0 Å². The van der Waals surface area contributed by atoms with E-state index in [4.69, 9.17) is 16.3 Å². The zero-order valence-electron chi connectivity index (χ0n) is 19.5. The molecule has 0 radical (unpaired) electrons. The first kappa shape index (κ1) is 25.5. The smallest absolute Gasteiger partial charge is 0.338 e. The lowest BCUT2D eigenvalue weighted by atomic mass is 10.2. The minimum atomic E-state index is -0.655. The number of carbonyl (C=O) groups is 3. The van der Waals surface area contributed by atoms with Crippen molar-refractivity contribution in [3.8, 4) is 0 Å². The number of thioether (sulfide) groups is 1. The minimum absolute atomic E-state index is 0.0394. The molecule has 3 aromatic carbocycles. The van der Waals surface area contributed by atoms with Gasteiger partial charge in [-0.25, -0.2) is 9.79 Å². The summed E-state index contributed by atoms with van der Waals surface area (Å²) in [5.74, 6) is -0.903. The molecule has 0 bridgehead atoms. The van der Waals surface area contributed by atoms with Crippen molar-refractivity contribution in [2.24, 2.45) is 4.99 Å². The Bertz CT molecular complexity index is 1260. The van der Waals surface area contributed by atoms with E-state index >= 15 is 0 Å². The molecule has 0 unspecified atom stereocenters. The Morgan fingerprint density at radius 3 is 2.42 bits per heavy atom. The van der Waals surface area contributed by atoms with Gasteiger partial charge in [0.15, 0.2) is 5.17 Å². The second kappa shape index (κ2) is 11.9. The molecule has 2 amide bonds. The summed E-state index contributed by atoms with van der Waals surface area (Å²) >= 11 is 7.16. The molecule has 1 atom stereocenters. The number of carbonyl (C=O) groups excluding carboxylic acids is 3. The van der Waals surface area contributed by atoms with Crippen molar-refractivity contribution in [1.29, 1.82) is 0 Å². The maximum Gasteiger partial charge on any atom is 0.338 e. The van der Waals surface area contributed by atoms with Gasteiger partial charge in [-0.3, -0.25) is 14.5 Å². The van der Waals surface area contributed by atoms with Gasteiger partial charge in [-0.05, 0) is 61.0 Å². The van der Waals surface area contributed by atoms with Gasteiger partial charge in [0.1, 0.15) is 5.25 Å². The molecule has 1 aliphatic heterocycles. The number of amides is 2. The lowest BCUT2D eigenvalue weighted by molar-refractivity contribution is -0.129. The molecule has 4 rings (SSSR count). The maximum atomic E-state index is 13.2. The number of hydrogen-bond acceptors (Lipinski definition) is 6. The van der Waals surface area contributed by atoms with Crippen LogP contribution in [-0.2, 0) is 20.9 Å². The number of hydrogen-bond donors (Lipinski definition) is 1. The summed E-state index contributed by atoms with van der Waals surface area (Å²) < 4.78 is 5.03. The molecule has 0 aliphatic carbocycles. The van der Waals surface area contributed by atoms with Gasteiger partial charge in [-0.2, -0.15) is 0 Å². The van der Waals surface area contributed by atoms with Gasteiger partial charge in [0, 0.05) is 17.1 Å². The Hall–Kier alpha value is -3.62. The van der Waals surface area contributed by atoms with Gasteiger partial charge in [0.05, 0.1) is 24.4 Å². The zero-order chi connectivity index (χ0) is 25.5. The first-order valence-corrected chi connectivity index (χ1v) is 12.6. The molecule has 1 fully saturated rings. The van der Waals surface area contributed by atoms with E-state index in [9.17, 15) is 14.4 Å². The standard InChI is InChI=1S/C27H24ClN3O4S/c1-2-35-26(34)19-8-12-22(13-9-19)30-27-31(17-18-6-4-3-5-7-18)24(32)16-23(36-27)25(33)29-21-14-10-20(28)11-15-21/h3-15,23H,2,16-17H2,1H3,(H,29,33)/t23-/m0/s1. The number of nitrogens with zero attached hydrogens (tertiary/aromatic N) is 2. The van der Waals surface area contributed by atoms with E-state index in [-0.39, 0.29) is 24.8 Å². The largest absolute Gasteiger partial charge is 0.462 e. The molecule has 0 saturated carbocycles. The molecule has 9 heteroatoms. The Labute approximate surface area is 218 Å². The van der Waals surface area contributed by atoms with Gasteiger partial charge in [-0.15, -0.1) is 0 Å². The summed E-state index contributed by atoms with van der Waals surface area (Å²) in [6.45, 7) is 2.36. The Morgan fingerprint density at radius 2 is 1.75 bits per heavy atom. The summed E-state index contributed by atoms with van der Waals surface area (Å²) in [6, 6.07) is 23.0. The van der Waals surface area contributed by atoms with Crippen LogP contribution in [0.15, 0.2) is 83.9 Å². The fraction of sp³-hybridized carbons (Fsp3) is 0.185. The van der Waals surface area contributed by atoms with Gasteiger partial charge >= 0.3 is 5.97 Å². The summed E-state index contributed by atoms with van der Waals surface area (Å²) in [7, 11) is 0. The summed E-state index contributed by atoms with van der Waals surface area (Å²) in [5, 5.41) is 3.17. The van der Waals surface area contributed by atoms with Crippen LogP contribution in [0.25, 0.3) is 0 Å². The van der Waals surface area contributed by atoms with Crippen molar-refractivity contribution >= 4 is 57.7 Å². The van der Waals surface area contributed by atoms with E-state index in [0.29, 0.717) is 33.7 Å². The molecule has 1 heterocycles. The Balaban J connectivity index is 1.58. The lowest BCUT2D eigenvalue weighted by Crippen LogP contribution is -2.44. The van der Waals surface area contributed by atoms with E-state index in [0.717, 1.165) is 5.56 Å². The Morgan fingerprint density at radius 1 is 1.06 bits per heavy atom. The fourth-order valence-corrected chi connectivity index (χ4v) is 4.74. The topological polar surface area (TPSA) is 88.1 Å². The van der Waals surface area contributed by atoms with Crippen LogP contribution in [-0.4, -0.2) is 39.7 Å². The third kappa shape index (κ3) is 6.53. The van der Waals surface area contributed by atoms with Gasteiger partial charge in [0.25, 0.3) is 0 Å². The average Bonchev–Trinajstić information content (AvgIpc) is 2.88. The van der Waals surface area contributed by atoms with Crippen LogP contribution in [0.4, 0.5) is 11.4 Å². The highest BCUT2D eigenvalue weighted by molar-refractivity contribution is 8.15. The SMILES string of the molecule is CCOC(=O)c1ccc(N=C2S[C@H](C(=O)Nc3ccc(Cl)cc3)CC(=O)N2Cc2ccccc2)cc1. The van der Waals surface area contributed by atoms with Crippen LogP contribution in [0.1, 0.15) is 29.3 Å². The predicted molar refractivity (Wildman–Crippen MR) is 143 cm³/mol. The fourth-order valence-electron chi connectivity index (χ4n) is 3.52. The molecular formula is C27H24ClN3O4S. The van der Waals surface area contributed by atoms with Crippen molar-refractivity contribution in [3.05, 3.63) is 95.0 Å². The number of anilines is 1. The lowest BCUT2D eigenvalue weighted by Gasteiger charge is -2.32. The van der Waals surface area contributed by atoms with Gasteiger partial charge in [-0.1, -0.05) is 53.7 Å². The first-order valence-electron chi connectivity index (χ1n) is 11.4. The van der Waals surface area contributed by atoms with Crippen LogP contribution < -0.4 is 5.32 Å². The molecule has 1 N–H and O–H groups in total. The number of aliphatic imine (C=N–C) groups is 1. The summed E-state index contributed by atoms with van der Waals surface area (Å²) in [4.78, 5) is 44.4. The van der Waals surface area contributed by atoms with E-state index in [2.05, 4.69) is 10.3 Å². The number of halogens is 1. The molecule has 1 aliphatic rings. The van der Waals surface area contributed by atoms with E-state index in [1.54, 1.807) is 60.4 Å². The Kier molecular flexibility index (Phi) is 8.40. The number of ether oxygens (including phenoxy) is 1. The molecule has 184 valence electrons. The number of nitrogens with one attached hydrogen (secondary N) is 1. The van der Waals surface area contributed by atoms with E-state index in [1.165, 1.54) is 11.8 Å². The zero-order valence-corrected chi connectivity index (χ0v) is 21.1. The van der Waals surface area contributed by atoms with Crippen LogP contribution in [0.2, 0.25) is 5.02 Å². The van der Waals surface area contributed by atoms with Crippen molar-refractivity contribution in [2.75, 3.05) is 11.9 Å². The van der Waals surface area contributed by atoms with Crippen LogP contribution in [0, 0.1) is 0 Å². The van der Waals surface area contributed by atoms with Crippen LogP contribution in [0.5, 0.6) is 0 Å². The van der Waals surface area contributed by atoms with Crippen molar-refractivity contribution in [3.63, 3.8) is 0 Å². The van der Waals surface area contributed by atoms with E-state index < -0.39 is 11.2 Å². The summed E-state index contributed by atoms with van der Waals surface area (Å²) in [6.07, 6.45) is 0.0394. The third-order valence-corrected chi connectivity index (χ3v) is 6.77. The quantitative estimate of drug-likeness (QED) is 0.404. The molecule has 7 nitrogen and oxygen atoms in total. The first-order chi connectivity index (χ1) is 17.4. The molecule has 1 saturated heterocycles. The normalized spacial score (nSPS) is 16.6. The predicted octanol–water partition coefficient (Wildman–Crippen LogP) is 5.68. The molecular weight excluding hydrogens is 498 g/mol. The van der Waals surface area contributed by atoms with Gasteiger partial charge < -0.3 is 10.1 Å². The molecule has 36 heavy (non-hydrogen) atoms. The monoisotopic (exact) mass is 521 g/mol. The summed E-state index contributed by atoms with van der Waals surface area (Å²) in [5.41, 5.74) is 2.50. The molecule has 0 spiro atoms. The maximum absolute atomic E-state index is 13.2. The third-order valence-electron chi connectivity index (χ3n) is 5.33. The van der Waals surface area contributed by atoms with Crippen molar-refractivity contribution < 1.29 is 19.1 Å². The minimum Gasteiger partial charge on any atom is -0.462 e. The van der Waals surface area contributed by atoms with Crippen LogP contribution >= 0.6 is 23.4 Å². The van der Waals surface area contributed by atoms with E-state index in [1.807, 2.05) is 30.3 Å². The number of benzene rings is 3. The van der Waals surface area contributed by atoms with Crippen molar-refractivity contribution in [2.45, 2.75) is 25.1 Å². The highest BCUT2D eigenvalue weighted by Gasteiger charge is 2.36. The highest BCUT2D eigenvalue weighted by Crippen LogP contribution is 2.31. The van der Waals surface area contributed by atoms with Crippen molar-refractivity contribution in [1.82, 2.24) is 4.90 Å². The molecule has 3 aromatic rings. The number of amidine groups is 1. The second-order valence-corrected chi connectivity index (χ2v) is 9.54. The second-order valence-electron chi connectivity index (χ2n) is 7.93. The number of rotatable bonds is 7. The molecule has 0 aromatic heterocycles. The van der Waals surface area contributed by atoms with Gasteiger partial charge in [0.2, 0.25) is 11.8 Å². The number of esters is 1. The average molecular weight is 522 g/mol. The highest BCUT2D eigenvalue weighted by atomic mass is 35.5.